The number of nitrogens with zero attached hydrogens (tertiary/aromatic N) is 4. The monoisotopic (exact) mass is 198 g/mol. The van der Waals surface area contributed by atoms with Gasteiger partial charge in [-0.2, -0.15) is 5.10 Å². The van der Waals surface area contributed by atoms with Gasteiger partial charge in [-0.1, -0.05) is 0 Å². The molecule has 1 aromatic rings. The maximum Gasteiger partial charge on any atom is 0.140 e. The van der Waals surface area contributed by atoms with Gasteiger partial charge in [-0.25, -0.2) is 4.98 Å². The second-order valence-corrected chi connectivity index (χ2v) is 3.68. The number of aryl methyl sites for hydroxylation is 1. The minimum atomic E-state index is -0.239. The van der Waals surface area contributed by atoms with Crippen molar-refractivity contribution in [1.29, 1.82) is 0 Å². The standard InChI is InChI=1S/C9H18N4O/c1-8(14)4-5-12(2)6-9-10-7-11-13(9)3/h7-8,14H,4-6H2,1-3H3. The van der Waals surface area contributed by atoms with Gasteiger partial charge in [0.15, 0.2) is 0 Å². The third-order valence-corrected chi connectivity index (χ3v) is 2.15. The van der Waals surface area contributed by atoms with Gasteiger partial charge < -0.3 is 5.11 Å². The van der Waals surface area contributed by atoms with Crippen molar-refractivity contribution in [3.05, 3.63) is 12.2 Å². The van der Waals surface area contributed by atoms with Gasteiger partial charge in [0.25, 0.3) is 0 Å². The molecular formula is C9H18N4O. The summed E-state index contributed by atoms with van der Waals surface area (Å²) in [6.07, 6.45) is 2.10. The molecule has 0 amide bonds. The lowest BCUT2D eigenvalue weighted by atomic mass is 10.3. The molecule has 0 aliphatic heterocycles. The number of aliphatic hydroxyl groups is 1. The van der Waals surface area contributed by atoms with E-state index in [4.69, 9.17) is 5.11 Å². The summed E-state index contributed by atoms with van der Waals surface area (Å²) in [4.78, 5) is 6.25. The average molecular weight is 198 g/mol. The summed E-state index contributed by atoms with van der Waals surface area (Å²) in [6.45, 7) is 3.43. The molecule has 0 saturated heterocycles. The first-order valence-corrected chi connectivity index (χ1v) is 4.79. The average Bonchev–Trinajstić information content (AvgIpc) is 2.49. The van der Waals surface area contributed by atoms with Crippen LogP contribution in [0.5, 0.6) is 0 Å². The highest BCUT2D eigenvalue weighted by Gasteiger charge is 2.06. The molecule has 1 rings (SSSR count). The second kappa shape index (κ2) is 5.07. The summed E-state index contributed by atoms with van der Waals surface area (Å²) in [6, 6.07) is 0. The van der Waals surface area contributed by atoms with E-state index < -0.39 is 0 Å². The molecule has 0 bridgehead atoms. The van der Waals surface area contributed by atoms with Crippen LogP contribution < -0.4 is 0 Å². The van der Waals surface area contributed by atoms with E-state index in [1.165, 1.54) is 0 Å². The fraction of sp³-hybridized carbons (Fsp3) is 0.778. The van der Waals surface area contributed by atoms with Gasteiger partial charge in [-0.15, -0.1) is 0 Å². The Hall–Kier alpha value is -0.940. The third kappa shape index (κ3) is 3.43. The fourth-order valence-electron chi connectivity index (χ4n) is 1.19. The molecule has 0 radical (unpaired) electrons. The van der Waals surface area contributed by atoms with E-state index in [1.54, 1.807) is 17.9 Å². The zero-order valence-corrected chi connectivity index (χ0v) is 9.01. The van der Waals surface area contributed by atoms with Gasteiger partial charge in [0.1, 0.15) is 12.2 Å². The molecule has 1 aromatic heterocycles. The van der Waals surface area contributed by atoms with Gasteiger partial charge in [0, 0.05) is 13.6 Å². The van der Waals surface area contributed by atoms with Crippen LogP contribution in [0, 0.1) is 0 Å². The molecular weight excluding hydrogens is 180 g/mol. The molecule has 1 heterocycles. The molecule has 0 saturated carbocycles. The van der Waals surface area contributed by atoms with Crippen LogP contribution in [0.2, 0.25) is 0 Å². The van der Waals surface area contributed by atoms with E-state index in [1.807, 2.05) is 14.1 Å². The minimum Gasteiger partial charge on any atom is -0.393 e. The van der Waals surface area contributed by atoms with E-state index in [-0.39, 0.29) is 6.10 Å². The lowest BCUT2D eigenvalue weighted by Crippen LogP contribution is -2.23. The van der Waals surface area contributed by atoms with Gasteiger partial charge in [0.2, 0.25) is 0 Å². The van der Waals surface area contributed by atoms with Crippen molar-refractivity contribution in [3.8, 4) is 0 Å². The first kappa shape index (κ1) is 11.1. The van der Waals surface area contributed by atoms with Crippen molar-refractivity contribution in [2.45, 2.75) is 26.0 Å². The molecule has 1 N–H and O–H groups in total. The lowest BCUT2D eigenvalue weighted by molar-refractivity contribution is 0.161. The summed E-state index contributed by atoms with van der Waals surface area (Å²) in [5.74, 6) is 0.943. The minimum absolute atomic E-state index is 0.239. The van der Waals surface area contributed by atoms with E-state index in [2.05, 4.69) is 15.0 Å². The van der Waals surface area contributed by atoms with Crippen molar-refractivity contribution in [2.75, 3.05) is 13.6 Å². The van der Waals surface area contributed by atoms with Crippen LogP contribution in [0.3, 0.4) is 0 Å². The van der Waals surface area contributed by atoms with Crippen LogP contribution >= 0.6 is 0 Å². The molecule has 0 aliphatic rings. The predicted octanol–water partition coefficient (Wildman–Crippen LogP) is 0.0178. The van der Waals surface area contributed by atoms with Crippen molar-refractivity contribution >= 4 is 0 Å². The van der Waals surface area contributed by atoms with Crippen LogP contribution in [0.1, 0.15) is 19.2 Å². The first-order chi connectivity index (χ1) is 6.59. The van der Waals surface area contributed by atoms with Crippen molar-refractivity contribution in [3.63, 3.8) is 0 Å². The van der Waals surface area contributed by atoms with E-state index in [9.17, 15) is 0 Å². The Bertz CT molecular complexity index is 272. The van der Waals surface area contributed by atoms with Gasteiger partial charge in [0.05, 0.1) is 12.6 Å². The maximum atomic E-state index is 9.12. The lowest BCUT2D eigenvalue weighted by Gasteiger charge is -2.16. The van der Waals surface area contributed by atoms with Gasteiger partial charge >= 0.3 is 0 Å². The summed E-state index contributed by atoms with van der Waals surface area (Å²) < 4.78 is 1.76. The Morgan fingerprint density at radius 2 is 2.36 bits per heavy atom. The van der Waals surface area contributed by atoms with Crippen LogP contribution in [-0.4, -0.2) is 44.5 Å². The second-order valence-electron chi connectivity index (χ2n) is 3.68. The number of aromatic nitrogens is 3. The van der Waals surface area contributed by atoms with Crippen molar-refractivity contribution in [1.82, 2.24) is 19.7 Å². The number of hydrogen-bond donors (Lipinski definition) is 1. The summed E-state index contributed by atoms with van der Waals surface area (Å²) in [7, 11) is 3.89. The van der Waals surface area contributed by atoms with Gasteiger partial charge in [-0.3, -0.25) is 9.58 Å². The van der Waals surface area contributed by atoms with E-state index in [0.717, 1.165) is 25.3 Å². The maximum absolute atomic E-state index is 9.12. The Kier molecular flexibility index (Phi) is 4.03. The van der Waals surface area contributed by atoms with Crippen molar-refractivity contribution < 1.29 is 5.11 Å². The molecule has 0 fully saturated rings. The Morgan fingerprint density at radius 1 is 1.64 bits per heavy atom. The molecule has 14 heavy (non-hydrogen) atoms. The Labute approximate surface area is 84.4 Å². The molecule has 5 heteroatoms. The molecule has 1 atom stereocenters. The summed E-state index contributed by atoms with van der Waals surface area (Å²) in [5, 5.41) is 13.1. The highest BCUT2D eigenvalue weighted by atomic mass is 16.3. The normalized spacial score (nSPS) is 13.5. The smallest absolute Gasteiger partial charge is 0.140 e. The van der Waals surface area contributed by atoms with Crippen LogP contribution in [-0.2, 0) is 13.6 Å². The zero-order chi connectivity index (χ0) is 10.6. The molecule has 0 aromatic carbocycles. The molecule has 0 spiro atoms. The van der Waals surface area contributed by atoms with Crippen LogP contribution in [0.15, 0.2) is 6.33 Å². The summed E-state index contributed by atoms with van der Waals surface area (Å²) >= 11 is 0. The summed E-state index contributed by atoms with van der Waals surface area (Å²) in [5.41, 5.74) is 0. The Balaban J connectivity index is 2.34. The van der Waals surface area contributed by atoms with E-state index in [0.29, 0.717) is 0 Å². The molecule has 5 nitrogen and oxygen atoms in total. The zero-order valence-electron chi connectivity index (χ0n) is 9.01. The SMILES string of the molecule is CC(O)CCN(C)Cc1ncnn1C. The molecule has 0 aliphatic carbocycles. The van der Waals surface area contributed by atoms with Crippen LogP contribution in [0.25, 0.3) is 0 Å². The largest absolute Gasteiger partial charge is 0.393 e. The first-order valence-electron chi connectivity index (χ1n) is 4.79. The van der Waals surface area contributed by atoms with Gasteiger partial charge in [-0.05, 0) is 20.4 Å². The van der Waals surface area contributed by atoms with Crippen LogP contribution in [0.4, 0.5) is 0 Å². The van der Waals surface area contributed by atoms with E-state index >= 15 is 0 Å². The van der Waals surface area contributed by atoms with Crippen molar-refractivity contribution in [2.24, 2.45) is 7.05 Å². The number of aliphatic hydroxyl groups excluding tert-OH is 1. The number of hydrogen-bond acceptors (Lipinski definition) is 4. The molecule has 80 valence electrons. The molecule has 1 unspecified atom stereocenters. The predicted molar refractivity (Wildman–Crippen MR) is 53.6 cm³/mol. The third-order valence-electron chi connectivity index (χ3n) is 2.15. The highest BCUT2D eigenvalue weighted by molar-refractivity contribution is 4.82. The highest BCUT2D eigenvalue weighted by Crippen LogP contribution is 1.99. The topological polar surface area (TPSA) is 54.2 Å². The Morgan fingerprint density at radius 3 is 2.86 bits per heavy atom. The number of rotatable bonds is 5. The quantitative estimate of drug-likeness (QED) is 0.724. The fourth-order valence-corrected chi connectivity index (χ4v) is 1.19.